The normalized spacial score (nSPS) is 9.50. The van der Waals surface area contributed by atoms with E-state index in [1.54, 1.807) is 6.29 Å². The van der Waals surface area contributed by atoms with Gasteiger partial charge < -0.3 is 15.3 Å². The zero-order chi connectivity index (χ0) is 15.2. The van der Waals surface area contributed by atoms with Crippen molar-refractivity contribution in [1.29, 1.82) is 0 Å². The first-order valence-corrected chi connectivity index (χ1v) is 6.07. The van der Waals surface area contributed by atoms with Gasteiger partial charge in [-0.25, -0.2) is 0 Å². The molecule has 1 aromatic carbocycles. The predicted molar refractivity (Wildman–Crippen MR) is 79.9 cm³/mol. The molecule has 0 spiro atoms. The van der Waals surface area contributed by atoms with E-state index >= 15 is 0 Å². The van der Waals surface area contributed by atoms with Crippen LogP contribution in [0.15, 0.2) is 6.08 Å². The Morgan fingerprint density at radius 1 is 0.950 bits per heavy atom. The van der Waals surface area contributed by atoms with Crippen molar-refractivity contribution in [3.63, 3.8) is 0 Å². The summed E-state index contributed by atoms with van der Waals surface area (Å²) in [5.74, 6) is -0.583. The van der Waals surface area contributed by atoms with Crippen LogP contribution in [0, 0.1) is 34.6 Å². The molecule has 0 saturated carbocycles. The van der Waals surface area contributed by atoms with E-state index in [1.165, 1.54) is 40.8 Å². The van der Waals surface area contributed by atoms with Gasteiger partial charge in [-0.1, -0.05) is 11.1 Å². The second-order valence-electron chi connectivity index (χ2n) is 4.55. The van der Waals surface area contributed by atoms with Crippen LogP contribution in [-0.2, 0) is 42.3 Å². The maximum absolute atomic E-state index is 10.2. The molecule has 1 radical (unpaired) electrons. The van der Waals surface area contributed by atoms with E-state index in [0.29, 0.717) is 0 Å². The van der Waals surface area contributed by atoms with Crippen molar-refractivity contribution in [2.45, 2.75) is 41.5 Å². The number of hydrogen-bond donors (Lipinski definition) is 0. The van der Waals surface area contributed by atoms with Crippen LogP contribution in [0.1, 0.15) is 40.3 Å². The molecule has 1 rings (SSSR count). The number of rotatable bonds is 2. The predicted octanol–water partition coefficient (Wildman–Crippen LogP) is 3.93. The van der Waals surface area contributed by atoms with E-state index < -0.39 is 5.91 Å². The van der Waals surface area contributed by atoms with Crippen LogP contribution in [0.3, 0.4) is 0 Å². The number of amides is 1. The number of carbonyl (C=O) groups excluding carboxylic acids is 2. The quantitative estimate of drug-likeness (QED) is 0.601. The smallest absolute Gasteiger partial charge is 0.0456 e. The van der Waals surface area contributed by atoms with Gasteiger partial charge in [-0.3, -0.25) is 0 Å². The first-order valence-electron chi connectivity index (χ1n) is 6.07. The van der Waals surface area contributed by atoms with Crippen molar-refractivity contribution < 1.29 is 42.3 Å². The molecule has 0 aromatic heterocycles. The molecule has 1 N–H and O–H groups in total. The second-order valence-corrected chi connectivity index (χ2v) is 4.55. The average Bonchev–Trinajstić information content (AvgIpc) is 2.33. The van der Waals surface area contributed by atoms with Gasteiger partial charge >= 0.3 is 0 Å². The van der Waals surface area contributed by atoms with Crippen molar-refractivity contribution in [2.75, 3.05) is 0 Å². The molecule has 0 heterocycles. The third-order valence-corrected chi connectivity index (χ3v) is 3.38. The molecule has 20 heavy (non-hydrogen) atoms. The van der Waals surface area contributed by atoms with E-state index in [-0.39, 0.29) is 32.7 Å². The fraction of sp³-hybridized carbons (Fsp3) is 0.375. The molecule has 1 amide bonds. The van der Waals surface area contributed by atoms with Crippen LogP contribution in [0.5, 0.6) is 0 Å². The molecular weight excluding hydrogens is 327 g/mol. The fourth-order valence-electron chi connectivity index (χ4n) is 1.90. The number of allylic oxidation sites excluding steroid dienone is 1. The molecule has 1 aromatic rings. The van der Waals surface area contributed by atoms with E-state index in [2.05, 4.69) is 34.6 Å². The summed E-state index contributed by atoms with van der Waals surface area (Å²) in [5.41, 5.74) is 13.6. The average molecular weight is 348 g/mol. The Morgan fingerprint density at radius 3 is 1.55 bits per heavy atom. The minimum absolute atomic E-state index is 0. The zero-order valence-electron chi connectivity index (χ0n) is 13.0. The summed E-state index contributed by atoms with van der Waals surface area (Å²) < 4.78 is 0. The van der Waals surface area contributed by atoms with Gasteiger partial charge in [-0.2, -0.15) is 12.2 Å². The second kappa shape index (κ2) is 10.0. The van der Waals surface area contributed by atoms with Crippen LogP contribution < -0.4 is 0 Å². The van der Waals surface area contributed by atoms with Gasteiger partial charge in [0.05, 0.1) is 0 Å². The third-order valence-electron chi connectivity index (χ3n) is 3.38. The molecule has 0 unspecified atom stereocenters. The van der Waals surface area contributed by atoms with Gasteiger partial charge in [0.25, 0.3) is 0 Å². The van der Waals surface area contributed by atoms with Crippen LogP contribution in [0.4, 0.5) is 0 Å². The van der Waals surface area contributed by atoms with Crippen molar-refractivity contribution in [1.82, 2.24) is 0 Å². The molecule has 0 aliphatic carbocycles. The minimum atomic E-state index is -0.583. The van der Waals surface area contributed by atoms with Gasteiger partial charge in [0, 0.05) is 38.6 Å². The number of hydrogen-bond acceptors (Lipinski definition) is 2. The Balaban J connectivity index is 0. The first kappa shape index (κ1) is 21.5. The number of nitrogens with one attached hydrogen (secondary N) is 1. The Kier molecular flexibility index (Phi) is 10.8. The maximum Gasteiger partial charge on any atom is 0.0456 e. The van der Waals surface area contributed by atoms with Gasteiger partial charge in [-0.05, 0) is 64.5 Å². The van der Waals surface area contributed by atoms with Gasteiger partial charge in [-0.15, -0.1) is 5.56 Å². The van der Waals surface area contributed by atoms with Crippen molar-refractivity contribution in [3.05, 3.63) is 45.2 Å². The summed E-state index contributed by atoms with van der Waals surface area (Å²) in [4.78, 5) is 19.3. The van der Waals surface area contributed by atoms with E-state index in [0.717, 1.165) is 5.56 Å². The van der Waals surface area contributed by atoms with Gasteiger partial charge in [0.1, 0.15) is 0 Å². The molecule has 3 nitrogen and oxygen atoms in total. The largest absolute Gasteiger partial charge is 0.668 e. The van der Waals surface area contributed by atoms with Crippen LogP contribution >= 0.6 is 0 Å². The van der Waals surface area contributed by atoms with Crippen LogP contribution in [0.25, 0.3) is 11.8 Å². The summed E-state index contributed by atoms with van der Waals surface area (Å²) >= 11 is 0. The summed E-state index contributed by atoms with van der Waals surface area (Å²) in [6.07, 6.45) is 5.07. The van der Waals surface area contributed by atoms with Crippen LogP contribution in [-0.4, -0.2) is 12.2 Å². The van der Waals surface area contributed by atoms with Gasteiger partial charge in [0.2, 0.25) is 0 Å². The first-order chi connectivity index (χ1) is 8.73. The molecule has 0 aliphatic heterocycles. The zero-order valence-corrected chi connectivity index (χ0v) is 15.9. The van der Waals surface area contributed by atoms with Crippen molar-refractivity contribution in [2.24, 2.45) is 0 Å². The van der Waals surface area contributed by atoms with Crippen LogP contribution in [0.2, 0.25) is 0 Å². The summed E-state index contributed by atoms with van der Waals surface area (Å²) in [7, 11) is 0. The monoisotopic (exact) mass is 348 g/mol. The Labute approximate surface area is 146 Å². The summed E-state index contributed by atoms with van der Waals surface area (Å²) in [6.45, 7) is 11.8. The molecular formula is C16H21NO2Y-2. The van der Waals surface area contributed by atoms with E-state index in [9.17, 15) is 4.79 Å². The van der Waals surface area contributed by atoms with E-state index in [4.69, 9.17) is 10.5 Å². The number of carbonyl (C=O) groups is 1. The Bertz CT molecular complexity index is 487. The minimum Gasteiger partial charge on any atom is -0.668 e. The summed E-state index contributed by atoms with van der Waals surface area (Å²) in [5, 5.41) is 0. The van der Waals surface area contributed by atoms with Gasteiger partial charge in [0.15, 0.2) is 0 Å². The van der Waals surface area contributed by atoms with Crippen molar-refractivity contribution in [3.8, 4) is 0 Å². The van der Waals surface area contributed by atoms with Crippen molar-refractivity contribution >= 4 is 18.3 Å². The topological polar surface area (TPSA) is 57.9 Å². The standard InChI is InChI=1S/C14H17O.C2H5NO.Y/c1-9-10(2)12(4)14(7-6-8-15)13(5)11(9)3;1-2(3)4;/h6-7H,1-5H3;1H3,(H2,3,4);/q-1;;/p-1. The molecule has 0 atom stereocenters. The number of benzene rings is 1. The molecule has 0 saturated heterocycles. The molecule has 0 bridgehead atoms. The van der Waals surface area contributed by atoms with E-state index in [1.807, 2.05) is 6.08 Å². The SMILES string of the molecule is CC([NH-])=O.Cc1c(C)c(C)c(C=C[C-]=O)c(C)c1C.[Y]. The molecule has 0 aliphatic rings. The molecule has 0 fully saturated rings. The Morgan fingerprint density at radius 2 is 1.25 bits per heavy atom. The molecule has 4 heteroatoms. The summed E-state index contributed by atoms with van der Waals surface area (Å²) in [6, 6.07) is 0. The molecule has 107 valence electrons. The Hall–Kier alpha value is -0.796. The third kappa shape index (κ3) is 6.10. The fourth-order valence-corrected chi connectivity index (χ4v) is 1.90. The maximum atomic E-state index is 10.2.